The third-order valence-electron chi connectivity index (χ3n) is 3.80. The fraction of sp³-hybridized carbons (Fsp3) is 0.625. The first kappa shape index (κ1) is 16.3. The zero-order valence-corrected chi connectivity index (χ0v) is 13.2. The lowest BCUT2D eigenvalue weighted by atomic mass is 9.92. The SMILES string of the molecule is CCC(CC)CC(NC)C(C)Oc1cccc(Cl)c1. The van der Waals surface area contributed by atoms with Gasteiger partial charge < -0.3 is 10.1 Å². The van der Waals surface area contributed by atoms with Crippen LogP contribution in [-0.4, -0.2) is 19.2 Å². The predicted molar refractivity (Wildman–Crippen MR) is 83.1 cm³/mol. The van der Waals surface area contributed by atoms with Gasteiger partial charge in [-0.05, 0) is 44.5 Å². The average Bonchev–Trinajstić information content (AvgIpc) is 2.40. The second-order valence-corrected chi connectivity index (χ2v) is 5.53. The minimum atomic E-state index is 0.129. The molecule has 0 aliphatic carbocycles. The Balaban J connectivity index is 2.60. The molecule has 2 nitrogen and oxygen atoms in total. The van der Waals surface area contributed by atoms with E-state index in [1.807, 2.05) is 31.3 Å². The second kappa shape index (κ2) is 8.44. The Kier molecular flexibility index (Phi) is 7.25. The van der Waals surface area contributed by atoms with Crippen molar-refractivity contribution in [2.75, 3.05) is 7.05 Å². The van der Waals surface area contributed by atoms with E-state index in [0.717, 1.165) is 18.1 Å². The van der Waals surface area contributed by atoms with Crippen molar-refractivity contribution >= 4 is 11.6 Å². The Bertz CT molecular complexity index is 366. The van der Waals surface area contributed by atoms with E-state index in [0.29, 0.717) is 11.1 Å². The maximum absolute atomic E-state index is 5.99. The quantitative estimate of drug-likeness (QED) is 0.757. The number of rotatable bonds is 8. The highest BCUT2D eigenvalue weighted by Crippen LogP contribution is 2.22. The number of benzene rings is 1. The van der Waals surface area contributed by atoms with Crippen LogP contribution in [-0.2, 0) is 0 Å². The molecule has 0 amide bonds. The van der Waals surface area contributed by atoms with Gasteiger partial charge in [0.1, 0.15) is 11.9 Å². The third kappa shape index (κ3) is 5.42. The minimum absolute atomic E-state index is 0.129. The average molecular weight is 284 g/mol. The van der Waals surface area contributed by atoms with Crippen LogP contribution >= 0.6 is 11.6 Å². The van der Waals surface area contributed by atoms with Crippen molar-refractivity contribution in [3.8, 4) is 5.75 Å². The van der Waals surface area contributed by atoms with Crippen molar-refractivity contribution < 1.29 is 4.74 Å². The van der Waals surface area contributed by atoms with E-state index in [1.54, 1.807) is 0 Å². The highest BCUT2D eigenvalue weighted by molar-refractivity contribution is 6.30. The molecule has 2 unspecified atom stereocenters. The molecule has 0 fully saturated rings. The Morgan fingerprint density at radius 2 is 1.95 bits per heavy atom. The molecule has 0 aliphatic rings. The van der Waals surface area contributed by atoms with Crippen LogP contribution < -0.4 is 10.1 Å². The molecule has 0 heterocycles. The van der Waals surface area contributed by atoms with E-state index < -0.39 is 0 Å². The van der Waals surface area contributed by atoms with Crippen LogP contribution in [0.2, 0.25) is 5.02 Å². The van der Waals surface area contributed by atoms with Gasteiger partial charge in [-0.25, -0.2) is 0 Å². The summed E-state index contributed by atoms with van der Waals surface area (Å²) < 4.78 is 5.99. The van der Waals surface area contributed by atoms with E-state index in [9.17, 15) is 0 Å². The molecule has 0 saturated heterocycles. The zero-order chi connectivity index (χ0) is 14.3. The van der Waals surface area contributed by atoms with E-state index in [4.69, 9.17) is 16.3 Å². The summed E-state index contributed by atoms with van der Waals surface area (Å²) in [6.07, 6.45) is 3.71. The molecule has 108 valence electrons. The summed E-state index contributed by atoms with van der Waals surface area (Å²) in [6, 6.07) is 7.95. The molecule has 0 radical (unpaired) electrons. The number of likely N-dealkylation sites (N-methyl/N-ethyl adjacent to an activating group) is 1. The van der Waals surface area contributed by atoms with Crippen molar-refractivity contribution in [3.05, 3.63) is 29.3 Å². The van der Waals surface area contributed by atoms with Gasteiger partial charge in [0.2, 0.25) is 0 Å². The Labute approximate surface area is 122 Å². The molecule has 1 N–H and O–H groups in total. The maximum atomic E-state index is 5.99. The highest BCUT2D eigenvalue weighted by Gasteiger charge is 2.20. The van der Waals surface area contributed by atoms with E-state index in [2.05, 4.69) is 26.1 Å². The van der Waals surface area contributed by atoms with Gasteiger partial charge in [-0.3, -0.25) is 0 Å². The standard InChI is InChI=1S/C16H26ClNO/c1-5-13(6-2)10-16(18-4)12(3)19-15-9-7-8-14(17)11-15/h7-9,11-13,16,18H,5-6,10H2,1-4H3. The first-order valence-electron chi connectivity index (χ1n) is 7.20. The van der Waals surface area contributed by atoms with Gasteiger partial charge in [0, 0.05) is 11.1 Å². The van der Waals surface area contributed by atoms with Crippen LogP contribution in [0.5, 0.6) is 5.75 Å². The summed E-state index contributed by atoms with van der Waals surface area (Å²) in [5.74, 6) is 1.59. The van der Waals surface area contributed by atoms with E-state index in [-0.39, 0.29) is 6.10 Å². The van der Waals surface area contributed by atoms with E-state index >= 15 is 0 Å². The van der Waals surface area contributed by atoms with Gasteiger partial charge in [-0.1, -0.05) is 44.4 Å². The van der Waals surface area contributed by atoms with E-state index in [1.165, 1.54) is 12.8 Å². The molecule has 3 heteroatoms. The monoisotopic (exact) mass is 283 g/mol. The lowest BCUT2D eigenvalue weighted by Gasteiger charge is -2.27. The molecule has 1 aromatic rings. The summed E-state index contributed by atoms with van der Waals surface area (Å²) >= 11 is 5.98. The normalized spacial score (nSPS) is 14.4. The molecular formula is C16H26ClNO. The zero-order valence-electron chi connectivity index (χ0n) is 12.4. The molecule has 19 heavy (non-hydrogen) atoms. The number of ether oxygens (including phenoxy) is 1. The predicted octanol–water partition coefficient (Wildman–Crippen LogP) is 4.52. The maximum Gasteiger partial charge on any atom is 0.121 e. The Morgan fingerprint density at radius 1 is 1.26 bits per heavy atom. The summed E-state index contributed by atoms with van der Waals surface area (Å²) in [7, 11) is 2.00. The fourth-order valence-corrected chi connectivity index (χ4v) is 2.54. The molecule has 0 aromatic heterocycles. The Hall–Kier alpha value is -0.730. The summed E-state index contributed by atoms with van der Waals surface area (Å²) in [4.78, 5) is 0. The summed E-state index contributed by atoms with van der Waals surface area (Å²) in [6.45, 7) is 6.62. The second-order valence-electron chi connectivity index (χ2n) is 5.09. The number of hydrogen-bond acceptors (Lipinski definition) is 2. The fourth-order valence-electron chi connectivity index (χ4n) is 2.36. The number of hydrogen-bond donors (Lipinski definition) is 1. The van der Waals surface area contributed by atoms with Gasteiger partial charge in [0.05, 0.1) is 0 Å². The minimum Gasteiger partial charge on any atom is -0.489 e. The first-order valence-corrected chi connectivity index (χ1v) is 7.57. The summed E-state index contributed by atoms with van der Waals surface area (Å²) in [5, 5.41) is 4.09. The largest absolute Gasteiger partial charge is 0.489 e. The lowest BCUT2D eigenvalue weighted by Crippen LogP contribution is -2.40. The van der Waals surface area contributed by atoms with Gasteiger partial charge >= 0.3 is 0 Å². The molecule has 1 rings (SSSR count). The van der Waals surface area contributed by atoms with Crippen LogP contribution in [0.25, 0.3) is 0 Å². The van der Waals surface area contributed by atoms with Gasteiger partial charge in [0.15, 0.2) is 0 Å². The van der Waals surface area contributed by atoms with Crippen LogP contribution in [0.15, 0.2) is 24.3 Å². The Morgan fingerprint density at radius 3 is 2.47 bits per heavy atom. The van der Waals surface area contributed by atoms with Gasteiger partial charge in [0.25, 0.3) is 0 Å². The van der Waals surface area contributed by atoms with Crippen molar-refractivity contribution in [3.63, 3.8) is 0 Å². The van der Waals surface area contributed by atoms with Crippen LogP contribution in [0.4, 0.5) is 0 Å². The van der Waals surface area contributed by atoms with Crippen LogP contribution in [0.3, 0.4) is 0 Å². The first-order chi connectivity index (χ1) is 9.10. The van der Waals surface area contributed by atoms with Crippen molar-refractivity contribution in [1.29, 1.82) is 0 Å². The molecule has 0 bridgehead atoms. The van der Waals surface area contributed by atoms with Gasteiger partial charge in [-0.15, -0.1) is 0 Å². The van der Waals surface area contributed by atoms with Crippen molar-refractivity contribution in [2.24, 2.45) is 5.92 Å². The molecular weight excluding hydrogens is 258 g/mol. The third-order valence-corrected chi connectivity index (χ3v) is 4.03. The van der Waals surface area contributed by atoms with Crippen LogP contribution in [0, 0.1) is 5.92 Å². The number of halogens is 1. The molecule has 0 saturated carbocycles. The van der Waals surface area contributed by atoms with Crippen molar-refractivity contribution in [2.45, 2.75) is 52.2 Å². The topological polar surface area (TPSA) is 21.3 Å². The van der Waals surface area contributed by atoms with Crippen molar-refractivity contribution in [1.82, 2.24) is 5.32 Å². The smallest absolute Gasteiger partial charge is 0.121 e. The molecule has 0 aliphatic heterocycles. The molecule has 1 aromatic carbocycles. The lowest BCUT2D eigenvalue weighted by molar-refractivity contribution is 0.156. The summed E-state index contributed by atoms with van der Waals surface area (Å²) in [5.41, 5.74) is 0. The highest BCUT2D eigenvalue weighted by atomic mass is 35.5. The molecule has 0 spiro atoms. The molecule has 2 atom stereocenters. The number of nitrogens with one attached hydrogen (secondary N) is 1. The van der Waals surface area contributed by atoms with Gasteiger partial charge in [-0.2, -0.15) is 0 Å². The van der Waals surface area contributed by atoms with Crippen LogP contribution in [0.1, 0.15) is 40.0 Å².